The van der Waals surface area contributed by atoms with E-state index >= 15 is 0 Å². The van der Waals surface area contributed by atoms with Gasteiger partial charge in [0.1, 0.15) is 0 Å². The number of carbonyl (C=O) groups is 1. The molecule has 0 atom stereocenters. The van der Waals surface area contributed by atoms with Crippen molar-refractivity contribution >= 4 is 17.4 Å². The molecule has 1 aromatic rings. The average molecular weight is 253 g/mol. The van der Waals surface area contributed by atoms with Gasteiger partial charge in [0, 0.05) is 11.4 Å². The zero-order valence-corrected chi connectivity index (χ0v) is 11.2. The van der Waals surface area contributed by atoms with Crippen LogP contribution in [-0.4, -0.2) is 21.5 Å². The molecule has 1 heterocycles. The highest BCUT2D eigenvalue weighted by Crippen LogP contribution is 2.29. The van der Waals surface area contributed by atoms with Crippen LogP contribution in [0.15, 0.2) is 5.38 Å². The summed E-state index contributed by atoms with van der Waals surface area (Å²) < 4.78 is 3.70. The SMILES string of the molecule is CC(C)C1CCC(NC(=O)c2csnn2)CC1. The van der Waals surface area contributed by atoms with Gasteiger partial charge in [-0.3, -0.25) is 4.79 Å². The lowest BCUT2D eigenvalue weighted by atomic mass is 9.80. The van der Waals surface area contributed by atoms with Crippen molar-refractivity contribution in [1.82, 2.24) is 14.9 Å². The maximum Gasteiger partial charge on any atom is 0.272 e. The fourth-order valence-corrected chi connectivity index (χ4v) is 2.89. The van der Waals surface area contributed by atoms with Crippen molar-refractivity contribution in [3.8, 4) is 0 Å². The van der Waals surface area contributed by atoms with Crippen LogP contribution in [0.2, 0.25) is 0 Å². The third-order valence-electron chi connectivity index (χ3n) is 3.64. The van der Waals surface area contributed by atoms with Gasteiger partial charge in [-0.2, -0.15) is 0 Å². The van der Waals surface area contributed by atoms with E-state index in [1.54, 1.807) is 5.38 Å². The smallest absolute Gasteiger partial charge is 0.272 e. The standard InChI is InChI=1S/C12H19N3OS/c1-8(2)9-3-5-10(6-4-9)13-12(16)11-7-17-15-14-11/h7-10H,3-6H2,1-2H3,(H,13,16). The van der Waals surface area contributed by atoms with Gasteiger partial charge in [-0.1, -0.05) is 18.3 Å². The Kier molecular flexibility index (Phi) is 4.10. The number of aromatic nitrogens is 2. The Hall–Kier alpha value is -0.970. The number of amides is 1. The van der Waals surface area contributed by atoms with Gasteiger partial charge < -0.3 is 5.32 Å². The number of nitrogens with one attached hydrogen (secondary N) is 1. The molecule has 1 aliphatic carbocycles. The summed E-state index contributed by atoms with van der Waals surface area (Å²) in [5, 5.41) is 8.52. The first-order valence-corrected chi connectivity index (χ1v) is 7.08. The topological polar surface area (TPSA) is 54.9 Å². The number of carbonyl (C=O) groups excluding carboxylic acids is 1. The van der Waals surface area contributed by atoms with E-state index in [1.165, 1.54) is 24.4 Å². The van der Waals surface area contributed by atoms with Gasteiger partial charge in [-0.25, -0.2) is 0 Å². The molecular formula is C12H19N3OS. The summed E-state index contributed by atoms with van der Waals surface area (Å²) in [6.07, 6.45) is 4.62. The van der Waals surface area contributed by atoms with Crippen LogP contribution in [0.4, 0.5) is 0 Å². The third kappa shape index (κ3) is 3.25. The highest BCUT2D eigenvalue weighted by Gasteiger charge is 2.24. The van der Waals surface area contributed by atoms with Crippen molar-refractivity contribution in [2.45, 2.75) is 45.6 Å². The quantitative estimate of drug-likeness (QED) is 0.900. The van der Waals surface area contributed by atoms with Crippen LogP contribution in [0.3, 0.4) is 0 Å². The van der Waals surface area contributed by atoms with E-state index in [0.29, 0.717) is 11.7 Å². The molecule has 4 nitrogen and oxygen atoms in total. The Bertz CT molecular complexity index is 356. The van der Waals surface area contributed by atoms with E-state index in [0.717, 1.165) is 24.7 Å². The first kappa shape index (κ1) is 12.5. The normalized spacial score (nSPS) is 24.9. The molecular weight excluding hydrogens is 234 g/mol. The lowest BCUT2D eigenvalue weighted by Crippen LogP contribution is -2.38. The van der Waals surface area contributed by atoms with Crippen LogP contribution in [0, 0.1) is 11.8 Å². The molecule has 0 aliphatic heterocycles. The fourth-order valence-electron chi connectivity index (χ4n) is 2.45. The predicted octanol–water partition coefficient (Wildman–Crippen LogP) is 2.48. The molecule has 1 amide bonds. The monoisotopic (exact) mass is 253 g/mol. The molecule has 1 N–H and O–H groups in total. The van der Waals surface area contributed by atoms with Crippen LogP contribution in [0.25, 0.3) is 0 Å². The largest absolute Gasteiger partial charge is 0.348 e. The Morgan fingerprint density at radius 3 is 2.65 bits per heavy atom. The third-order valence-corrected chi connectivity index (χ3v) is 4.15. The second-order valence-corrected chi connectivity index (χ2v) is 5.73. The van der Waals surface area contributed by atoms with Gasteiger partial charge in [0.05, 0.1) is 0 Å². The van der Waals surface area contributed by atoms with E-state index in [1.807, 2.05) is 0 Å². The average Bonchev–Trinajstić information content (AvgIpc) is 2.83. The van der Waals surface area contributed by atoms with Gasteiger partial charge in [0.15, 0.2) is 5.69 Å². The van der Waals surface area contributed by atoms with Crippen molar-refractivity contribution in [2.24, 2.45) is 11.8 Å². The summed E-state index contributed by atoms with van der Waals surface area (Å²) in [6.45, 7) is 4.56. The van der Waals surface area contributed by atoms with E-state index in [4.69, 9.17) is 0 Å². The molecule has 94 valence electrons. The van der Waals surface area contributed by atoms with Crippen LogP contribution >= 0.6 is 11.5 Å². The molecule has 0 spiro atoms. The lowest BCUT2D eigenvalue weighted by molar-refractivity contribution is 0.0913. The molecule has 1 fully saturated rings. The summed E-state index contributed by atoms with van der Waals surface area (Å²) >= 11 is 1.21. The van der Waals surface area contributed by atoms with E-state index in [2.05, 4.69) is 28.8 Å². The van der Waals surface area contributed by atoms with Gasteiger partial charge in [-0.15, -0.1) is 5.10 Å². The van der Waals surface area contributed by atoms with E-state index in [-0.39, 0.29) is 5.91 Å². The van der Waals surface area contributed by atoms with Gasteiger partial charge >= 0.3 is 0 Å². The number of hydrogen-bond donors (Lipinski definition) is 1. The number of hydrogen-bond acceptors (Lipinski definition) is 4. The van der Waals surface area contributed by atoms with Crippen LogP contribution in [0.5, 0.6) is 0 Å². The van der Waals surface area contributed by atoms with Crippen molar-refractivity contribution < 1.29 is 4.79 Å². The molecule has 0 radical (unpaired) electrons. The Morgan fingerprint density at radius 1 is 1.41 bits per heavy atom. The summed E-state index contributed by atoms with van der Waals surface area (Å²) in [7, 11) is 0. The highest BCUT2D eigenvalue weighted by atomic mass is 32.1. The van der Waals surface area contributed by atoms with Gasteiger partial charge in [0.2, 0.25) is 0 Å². The molecule has 0 unspecified atom stereocenters. The zero-order chi connectivity index (χ0) is 12.3. The Labute approximate surface area is 106 Å². The molecule has 2 rings (SSSR count). The Morgan fingerprint density at radius 2 is 2.12 bits per heavy atom. The molecule has 0 bridgehead atoms. The van der Waals surface area contributed by atoms with Crippen molar-refractivity contribution in [2.75, 3.05) is 0 Å². The minimum Gasteiger partial charge on any atom is -0.348 e. The molecule has 0 aromatic carbocycles. The first-order valence-electron chi connectivity index (χ1n) is 6.24. The lowest BCUT2D eigenvalue weighted by Gasteiger charge is -2.31. The highest BCUT2D eigenvalue weighted by molar-refractivity contribution is 7.03. The first-order chi connectivity index (χ1) is 8.16. The summed E-state index contributed by atoms with van der Waals surface area (Å²) in [5.41, 5.74) is 0.445. The summed E-state index contributed by atoms with van der Waals surface area (Å²) in [5.74, 6) is 1.50. The maximum absolute atomic E-state index is 11.8. The van der Waals surface area contributed by atoms with Crippen molar-refractivity contribution in [1.29, 1.82) is 0 Å². The fraction of sp³-hybridized carbons (Fsp3) is 0.750. The molecule has 1 aliphatic rings. The molecule has 5 heteroatoms. The minimum atomic E-state index is -0.0771. The maximum atomic E-state index is 11.8. The summed E-state index contributed by atoms with van der Waals surface area (Å²) in [6, 6.07) is 0.319. The van der Waals surface area contributed by atoms with Crippen molar-refractivity contribution in [3.05, 3.63) is 11.1 Å². The van der Waals surface area contributed by atoms with Gasteiger partial charge in [0.25, 0.3) is 5.91 Å². The number of nitrogens with zero attached hydrogens (tertiary/aromatic N) is 2. The van der Waals surface area contributed by atoms with Crippen LogP contribution in [0.1, 0.15) is 50.0 Å². The van der Waals surface area contributed by atoms with Crippen LogP contribution in [-0.2, 0) is 0 Å². The molecule has 0 saturated heterocycles. The molecule has 1 saturated carbocycles. The molecule has 17 heavy (non-hydrogen) atoms. The van der Waals surface area contributed by atoms with E-state index < -0.39 is 0 Å². The summed E-state index contributed by atoms with van der Waals surface area (Å²) in [4.78, 5) is 11.8. The number of rotatable bonds is 3. The van der Waals surface area contributed by atoms with Crippen LogP contribution < -0.4 is 5.32 Å². The Balaban J connectivity index is 1.80. The molecule has 1 aromatic heterocycles. The second kappa shape index (κ2) is 5.58. The second-order valence-electron chi connectivity index (χ2n) is 5.12. The van der Waals surface area contributed by atoms with Gasteiger partial charge in [-0.05, 0) is 49.1 Å². The predicted molar refractivity (Wildman–Crippen MR) is 68.0 cm³/mol. The van der Waals surface area contributed by atoms with Crippen molar-refractivity contribution in [3.63, 3.8) is 0 Å². The zero-order valence-electron chi connectivity index (χ0n) is 10.3. The minimum absolute atomic E-state index is 0.0771. The van der Waals surface area contributed by atoms with E-state index in [9.17, 15) is 4.79 Å².